The highest BCUT2D eigenvalue weighted by Crippen LogP contribution is 2.21. The summed E-state index contributed by atoms with van der Waals surface area (Å²) in [6.07, 6.45) is 3.28. The molecule has 0 aliphatic carbocycles. The Bertz CT molecular complexity index is 444. The predicted octanol–water partition coefficient (Wildman–Crippen LogP) is 3.37. The van der Waals surface area contributed by atoms with Crippen molar-refractivity contribution < 1.29 is 4.79 Å². The number of carbonyl (C=O) groups is 1. The average molecular weight is 275 g/mol. The first-order valence-corrected chi connectivity index (χ1v) is 7.50. The minimum Gasteiger partial charge on any atom is -0.322 e. The monoisotopic (exact) mass is 275 g/mol. The fraction of sp³-hybridized carbons (Fsp3) is 0.562. The zero-order valence-electron chi connectivity index (χ0n) is 12.6. The summed E-state index contributed by atoms with van der Waals surface area (Å²) in [6, 6.07) is 8.80. The van der Waals surface area contributed by atoms with Crippen molar-refractivity contribution in [3.63, 3.8) is 0 Å². The summed E-state index contributed by atoms with van der Waals surface area (Å²) in [5.41, 5.74) is 2.09. The van der Waals surface area contributed by atoms with Crippen molar-refractivity contribution in [2.24, 2.45) is 0 Å². The Kier molecular flexibility index (Phi) is 5.01. The summed E-state index contributed by atoms with van der Waals surface area (Å²) < 4.78 is 0. The molecule has 1 heterocycles. The number of nitrogens with one attached hydrogen (secondary N) is 2. The van der Waals surface area contributed by atoms with Gasteiger partial charge in [-0.15, -0.1) is 0 Å². The van der Waals surface area contributed by atoms with Gasteiger partial charge in [0.25, 0.3) is 0 Å². The third-order valence-corrected chi connectivity index (χ3v) is 4.20. The molecule has 0 aromatic heterocycles. The van der Waals surface area contributed by atoms with Crippen LogP contribution in [0.2, 0.25) is 0 Å². The lowest BCUT2D eigenvalue weighted by atomic mass is 10.1. The number of hydrogen-bond acceptors (Lipinski definition) is 2. The number of amides is 2. The summed E-state index contributed by atoms with van der Waals surface area (Å²) in [6.45, 7) is 5.13. The van der Waals surface area contributed by atoms with Crippen LogP contribution in [0.1, 0.15) is 44.7 Å². The standard InChI is InChI=1S/C16H25N3O/c1-4-15-6-5-11-19(15)16(20)18-14-9-7-13(8-10-14)12(2)17-3/h7-10,12,15,17H,4-6,11H2,1-3H3,(H,18,20). The van der Waals surface area contributed by atoms with Gasteiger partial charge in [-0.05, 0) is 50.9 Å². The number of nitrogens with zero attached hydrogens (tertiary/aromatic N) is 1. The molecule has 20 heavy (non-hydrogen) atoms. The minimum absolute atomic E-state index is 0.0313. The summed E-state index contributed by atoms with van der Waals surface area (Å²) in [4.78, 5) is 14.2. The fourth-order valence-corrected chi connectivity index (χ4v) is 2.74. The Morgan fingerprint density at radius 2 is 2.10 bits per heavy atom. The Balaban J connectivity index is 1.97. The Labute approximate surface area is 121 Å². The van der Waals surface area contributed by atoms with E-state index in [-0.39, 0.29) is 6.03 Å². The lowest BCUT2D eigenvalue weighted by molar-refractivity contribution is 0.205. The van der Waals surface area contributed by atoms with Gasteiger partial charge >= 0.3 is 6.03 Å². The van der Waals surface area contributed by atoms with Crippen LogP contribution < -0.4 is 10.6 Å². The maximum absolute atomic E-state index is 12.3. The molecule has 2 atom stereocenters. The molecule has 2 amide bonds. The van der Waals surface area contributed by atoms with Crippen molar-refractivity contribution in [3.05, 3.63) is 29.8 Å². The van der Waals surface area contributed by atoms with Gasteiger partial charge in [-0.1, -0.05) is 19.1 Å². The molecule has 0 radical (unpaired) electrons. The molecule has 0 saturated carbocycles. The maximum Gasteiger partial charge on any atom is 0.322 e. The first-order valence-electron chi connectivity index (χ1n) is 7.50. The van der Waals surface area contributed by atoms with Gasteiger partial charge in [0.1, 0.15) is 0 Å². The molecule has 1 aliphatic heterocycles. The van der Waals surface area contributed by atoms with E-state index >= 15 is 0 Å². The van der Waals surface area contributed by atoms with Crippen molar-refractivity contribution in [1.82, 2.24) is 10.2 Å². The van der Waals surface area contributed by atoms with E-state index in [0.29, 0.717) is 12.1 Å². The minimum atomic E-state index is 0.0313. The highest BCUT2D eigenvalue weighted by Gasteiger charge is 2.27. The van der Waals surface area contributed by atoms with Crippen LogP contribution in [0.4, 0.5) is 10.5 Å². The maximum atomic E-state index is 12.3. The van der Waals surface area contributed by atoms with Gasteiger partial charge in [0.05, 0.1) is 0 Å². The van der Waals surface area contributed by atoms with Crippen LogP contribution in [0.25, 0.3) is 0 Å². The molecule has 1 fully saturated rings. The molecule has 1 aromatic carbocycles. The topological polar surface area (TPSA) is 44.4 Å². The van der Waals surface area contributed by atoms with Gasteiger partial charge in [-0.3, -0.25) is 0 Å². The smallest absolute Gasteiger partial charge is 0.322 e. The van der Waals surface area contributed by atoms with E-state index in [2.05, 4.69) is 36.6 Å². The van der Waals surface area contributed by atoms with Crippen molar-refractivity contribution in [1.29, 1.82) is 0 Å². The second-order valence-corrected chi connectivity index (χ2v) is 5.46. The van der Waals surface area contributed by atoms with Crippen LogP contribution in [-0.2, 0) is 0 Å². The van der Waals surface area contributed by atoms with Gasteiger partial charge in [0, 0.05) is 24.3 Å². The van der Waals surface area contributed by atoms with E-state index in [4.69, 9.17) is 0 Å². The van der Waals surface area contributed by atoms with Crippen LogP contribution in [0.15, 0.2) is 24.3 Å². The summed E-state index contributed by atoms with van der Waals surface area (Å²) in [7, 11) is 1.94. The molecule has 1 aromatic rings. The van der Waals surface area contributed by atoms with Gasteiger partial charge in [0.2, 0.25) is 0 Å². The first-order chi connectivity index (χ1) is 9.65. The van der Waals surface area contributed by atoms with Crippen LogP contribution in [-0.4, -0.2) is 30.6 Å². The van der Waals surface area contributed by atoms with E-state index < -0.39 is 0 Å². The first kappa shape index (κ1) is 14.9. The quantitative estimate of drug-likeness (QED) is 0.885. The van der Waals surface area contributed by atoms with E-state index in [0.717, 1.165) is 31.5 Å². The average Bonchev–Trinajstić information content (AvgIpc) is 2.95. The molecule has 110 valence electrons. The number of anilines is 1. The molecule has 2 rings (SSSR count). The molecule has 0 bridgehead atoms. The number of benzene rings is 1. The number of carbonyl (C=O) groups excluding carboxylic acids is 1. The van der Waals surface area contributed by atoms with Gasteiger partial charge < -0.3 is 15.5 Å². The van der Waals surface area contributed by atoms with Gasteiger partial charge in [0.15, 0.2) is 0 Å². The molecular formula is C16H25N3O. The zero-order chi connectivity index (χ0) is 14.5. The summed E-state index contributed by atoms with van der Waals surface area (Å²) >= 11 is 0. The van der Waals surface area contributed by atoms with E-state index in [1.807, 2.05) is 24.1 Å². The Hall–Kier alpha value is -1.55. The fourth-order valence-electron chi connectivity index (χ4n) is 2.74. The molecule has 1 saturated heterocycles. The summed E-state index contributed by atoms with van der Waals surface area (Å²) in [5, 5.41) is 6.20. The second kappa shape index (κ2) is 6.75. The molecule has 0 spiro atoms. The van der Waals surface area contributed by atoms with Crippen LogP contribution >= 0.6 is 0 Å². The number of urea groups is 1. The number of likely N-dealkylation sites (tertiary alicyclic amines) is 1. The molecular weight excluding hydrogens is 250 g/mol. The molecule has 4 nitrogen and oxygen atoms in total. The van der Waals surface area contributed by atoms with E-state index in [1.54, 1.807) is 0 Å². The van der Waals surface area contributed by atoms with Gasteiger partial charge in [-0.2, -0.15) is 0 Å². The van der Waals surface area contributed by atoms with E-state index in [9.17, 15) is 4.79 Å². The van der Waals surface area contributed by atoms with Crippen molar-refractivity contribution in [2.45, 2.75) is 45.2 Å². The normalized spacial score (nSPS) is 19.9. The SMILES string of the molecule is CCC1CCCN1C(=O)Nc1ccc(C(C)NC)cc1. The van der Waals surface area contributed by atoms with E-state index in [1.165, 1.54) is 5.56 Å². The lowest BCUT2D eigenvalue weighted by Crippen LogP contribution is -2.38. The zero-order valence-corrected chi connectivity index (χ0v) is 12.6. The van der Waals surface area contributed by atoms with Crippen molar-refractivity contribution >= 4 is 11.7 Å². The second-order valence-electron chi connectivity index (χ2n) is 5.46. The largest absolute Gasteiger partial charge is 0.322 e. The number of hydrogen-bond donors (Lipinski definition) is 2. The highest BCUT2D eigenvalue weighted by atomic mass is 16.2. The Morgan fingerprint density at radius 3 is 2.70 bits per heavy atom. The third-order valence-electron chi connectivity index (χ3n) is 4.20. The highest BCUT2D eigenvalue weighted by molar-refractivity contribution is 5.89. The molecule has 4 heteroatoms. The van der Waals surface area contributed by atoms with Crippen LogP contribution in [0.3, 0.4) is 0 Å². The number of rotatable bonds is 4. The van der Waals surface area contributed by atoms with Crippen molar-refractivity contribution in [2.75, 3.05) is 18.9 Å². The van der Waals surface area contributed by atoms with Crippen molar-refractivity contribution in [3.8, 4) is 0 Å². The molecule has 2 N–H and O–H groups in total. The Morgan fingerprint density at radius 1 is 1.40 bits per heavy atom. The van der Waals surface area contributed by atoms with Crippen LogP contribution in [0, 0.1) is 0 Å². The van der Waals surface area contributed by atoms with Gasteiger partial charge in [-0.25, -0.2) is 4.79 Å². The third kappa shape index (κ3) is 3.31. The summed E-state index contributed by atoms with van der Waals surface area (Å²) in [5.74, 6) is 0. The molecule has 1 aliphatic rings. The molecule has 2 unspecified atom stereocenters. The predicted molar refractivity (Wildman–Crippen MR) is 83.0 cm³/mol. The van der Waals surface area contributed by atoms with Crippen LogP contribution in [0.5, 0.6) is 0 Å². The lowest BCUT2D eigenvalue weighted by Gasteiger charge is -2.24.